The predicted octanol–water partition coefficient (Wildman–Crippen LogP) is 5.46. The molecule has 0 heterocycles. The Kier molecular flexibility index (Phi) is 6.80. The fraction of sp³-hybridized carbons (Fsp3) is 0.158. The van der Waals surface area contributed by atoms with E-state index in [0.29, 0.717) is 23.6 Å². The largest absolute Gasteiger partial charge is 0.492 e. The smallest absolute Gasteiger partial charge is 0.266 e. The zero-order valence-corrected chi connectivity index (χ0v) is 16.9. The molecule has 0 fully saturated rings. The van der Waals surface area contributed by atoms with Gasteiger partial charge in [0.05, 0.1) is 11.1 Å². The Hall–Kier alpha value is -2.10. The van der Waals surface area contributed by atoms with Gasteiger partial charge in [-0.3, -0.25) is 4.79 Å². The number of rotatable bonds is 5. The van der Waals surface area contributed by atoms with Crippen LogP contribution in [-0.4, -0.2) is 12.5 Å². The number of benzene rings is 2. The SMILES string of the molecule is CCOc1c(Br)cc(Br)cc1/C=C(\C#N)C(=O)Nc1cccc(C)c1. The van der Waals surface area contributed by atoms with Crippen LogP contribution in [0.1, 0.15) is 18.1 Å². The molecule has 0 saturated heterocycles. The van der Waals surface area contributed by atoms with Gasteiger partial charge in [0.15, 0.2) is 0 Å². The Morgan fingerprint density at radius 1 is 1.32 bits per heavy atom. The lowest BCUT2D eigenvalue weighted by atomic mass is 10.1. The van der Waals surface area contributed by atoms with Gasteiger partial charge in [-0.05, 0) is 65.7 Å². The summed E-state index contributed by atoms with van der Waals surface area (Å²) in [6.07, 6.45) is 1.52. The molecule has 1 N–H and O–H groups in total. The van der Waals surface area contributed by atoms with Crippen molar-refractivity contribution in [2.24, 2.45) is 0 Å². The minimum atomic E-state index is -0.466. The van der Waals surface area contributed by atoms with E-state index in [-0.39, 0.29) is 5.57 Å². The van der Waals surface area contributed by atoms with Crippen LogP contribution in [0, 0.1) is 18.3 Å². The van der Waals surface area contributed by atoms with Gasteiger partial charge in [-0.15, -0.1) is 0 Å². The molecule has 128 valence electrons. The number of ether oxygens (including phenoxy) is 1. The molecule has 0 unspecified atom stereocenters. The number of carbonyl (C=O) groups excluding carboxylic acids is 1. The molecule has 25 heavy (non-hydrogen) atoms. The number of nitrogens with zero attached hydrogens (tertiary/aromatic N) is 1. The summed E-state index contributed by atoms with van der Waals surface area (Å²) in [5.74, 6) is 0.119. The molecule has 0 aliphatic rings. The van der Waals surface area contributed by atoms with E-state index in [1.54, 1.807) is 12.1 Å². The van der Waals surface area contributed by atoms with Crippen LogP contribution in [0.25, 0.3) is 6.08 Å². The summed E-state index contributed by atoms with van der Waals surface area (Å²) in [7, 11) is 0. The number of anilines is 1. The average molecular weight is 464 g/mol. The topological polar surface area (TPSA) is 62.1 Å². The Bertz CT molecular complexity index is 870. The van der Waals surface area contributed by atoms with Gasteiger partial charge in [-0.1, -0.05) is 28.1 Å². The molecule has 4 nitrogen and oxygen atoms in total. The molecule has 0 aromatic heterocycles. The van der Waals surface area contributed by atoms with Crippen molar-refractivity contribution >= 4 is 49.5 Å². The average Bonchev–Trinajstić information content (AvgIpc) is 2.55. The Morgan fingerprint density at radius 3 is 2.72 bits per heavy atom. The highest BCUT2D eigenvalue weighted by molar-refractivity contribution is 9.11. The second kappa shape index (κ2) is 8.84. The van der Waals surface area contributed by atoms with E-state index in [0.717, 1.165) is 14.5 Å². The minimum absolute atomic E-state index is 0.00698. The highest BCUT2D eigenvalue weighted by Gasteiger charge is 2.14. The fourth-order valence-corrected chi connectivity index (χ4v) is 3.58. The molecule has 6 heteroatoms. The molecular formula is C19H16Br2N2O2. The predicted molar refractivity (Wildman–Crippen MR) is 106 cm³/mol. The zero-order chi connectivity index (χ0) is 18.4. The summed E-state index contributed by atoms with van der Waals surface area (Å²) < 4.78 is 7.18. The Labute approximate surface area is 163 Å². The summed E-state index contributed by atoms with van der Waals surface area (Å²) in [6.45, 7) is 4.28. The molecule has 2 rings (SSSR count). The summed E-state index contributed by atoms with van der Waals surface area (Å²) >= 11 is 6.85. The van der Waals surface area contributed by atoms with Gasteiger partial charge in [0.25, 0.3) is 5.91 Å². The second-order valence-corrected chi connectivity index (χ2v) is 7.00. The minimum Gasteiger partial charge on any atom is -0.492 e. The van der Waals surface area contributed by atoms with Gasteiger partial charge >= 0.3 is 0 Å². The molecule has 0 aliphatic heterocycles. The van der Waals surface area contributed by atoms with Gasteiger partial charge in [-0.2, -0.15) is 5.26 Å². The van der Waals surface area contributed by atoms with E-state index in [1.807, 2.05) is 44.2 Å². The number of nitrogens with one attached hydrogen (secondary N) is 1. The molecule has 1 amide bonds. The van der Waals surface area contributed by atoms with Gasteiger partial charge in [0.1, 0.15) is 17.4 Å². The van der Waals surface area contributed by atoms with Crippen molar-refractivity contribution in [2.45, 2.75) is 13.8 Å². The number of nitriles is 1. The number of amides is 1. The van der Waals surface area contributed by atoms with Crippen LogP contribution in [0.2, 0.25) is 0 Å². The van der Waals surface area contributed by atoms with Crippen molar-refractivity contribution in [1.29, 1.82) is 5.26 Å². The van der Waals surface area contributed by atoms with Crippen LogP contribution in [0.3, 0.4) is 0 Å². The van der Waals surface area contributed by atoms with E-state index >= 15 is 0 Å². The van der Waals surface area contributed by atoms with Crippen LogP contribution in [-0.2, 0) is 4.79 Å². The number of halogens is 2. The number of hydrogen-bond acceptors (Lipinski definition) is 3. The quantitative estimate of drug-likeness (QED) is 0.472. The maximum Gasteiger partial charge on any atom is 0.266 e. The lowest BCUT2D eigenvalue weighted by molar-refractivity contribution is -0.112. The number of hydrogen-bond donors (Lipinski definition) is 1. The lowest BCUT2D eigenvalue weighted by Gasteiger charge is -2.11. The maximum atomic E-state index is 12.4. The van der Waals surface area contributed by atoms with Crippen molar-refractivity contribution in [3.63, 3.8) is 0 Å². The van der Waals surface area contributed by atoms with Gasteiger partial charge in [-0.25, -0.2) is 0 Å². The second-order valence-electron chi connectivity index (χ2n) is 5.23. The maximum absolute atomic E-state index is 12.4. The third-order valence-electron chi connectivity index (χ3n) is 3.27. The summed E-state index contributed by atoms with van der Waals surface area (Å²) in [4.78, 5) is 12.4. The molecular weight excluding hydrogens is 448 g/mol. The molecule has 2 aromatic rings. The third kappa shape index (κ3) is 5.18. The Balaban J connectivity index is 2.37. The van der Waals surface area contributed by atoms with E-state index in [4.69, 9.17) is 4.74 Å². The van der Waals surface area contributed by atoms with E-state index in [9.17, 15) is 10.1 Å². The highest BCUT2D eigenvalue weighted by atomic mass is 79.9. The Morgan fingerprint density at radius 2 is 2.08 bits per heavy atom. The summed E-state index contributed by atoms with van der Waals surface area (Å²) in [6, 6.07) is 13.0. The lowest BCUT2D eigenvalue weighted by Crippen LogP contribution is -2.13. The monoisotopic (exact) mass is 462 g/mol. The van der Waals surface area contributed by atoms with Crippen molar-refractivity contribution in [2.75, 3.05) is 11.9 Å². The normalized spacial score (nSPS) is 10.9. The highest BCUT2D eigenvalue weighted by Crippen LogP contribution is 2.34. The van der Waals surface area contributed by atoms with Crippen LogP contribution >= 0.6 is 31.9 Å². The standard InChI is InChI=1S/C19H16Br2N2O2/c1-3-25-18-13(9-15(20)10-17(18)21)8-14(11-22)19(24)23-16-6-4-5-12(2)7-16/h4-10H,3H2,1-2H3,(H,23,24)/b14-8+. The molecule has 2 aromatic carbocycles. The molecule has 0 spiro atoms. The van der Waals surface area contributed by atoms with Crippen LogP contribution in [0.4, 0.5) is 5.69 Å². The summed E-state index contributed by atoms with van der Waals surface area (Å²) in [5.41, 5.74) is 2.30. The van der Waals surface area contributed by atoms with Crippen molar-refractivity contribution in [3.8, 4) is 11.8 Å². The van der Waals surface area contributed by atoms with Crippen molar-refractivity contribution < 1.29 is 9.53 Å². The number of carbonyl (C=O) groups is 1. The van der Waals surface area contributed by atoms with Crippen LogP contribution in [0.5, 0.6) is 5.75 Å². The first-order chi connectivity index (χ1) is 11.9. The number of aryl methyl sites for hydroxylation is 1. The summed E-state index contributed by atoms with van der Waals surface area (Å²) in [5, 5.41) is 12.1. The molecule has 0 bridgehead atoms. The first-order valence-electron chi connectivity index (χ1n) is 7.56. The molecule has 0 saturated carbocycles. The van der Waals surface area contributed by atoms with Gasteiger partial charge in [0.2, 0.25) is 0 Å². The van der Waals surface area contributed by atoms with Gasteiger partial charge in [0, 0.05) is 15.7 Å². The first-order valence-corrected chi connectivity index (χ1v) is 9.15. The van der Waals surface area contributed by atoms with Crippen molar-refractivity contribution in [1.82, 2.24) is 0 Å². The van der Waals surface area contributed by atoms with Gasteiger partial charge < -0.3 is 10.1 Å². The van der Waals surface area contributed by atoms with Crippen LogP contribution in [0.15, 0.2) is 50.9 Å². The first kappa shape index (κ1) is 19.2. The van der Waals surface area contributed by atoms with E-state index < -0.39 is 5.91 Å². The zero-order valence-electron chi connectivity index (χ0n) is 13.8. The molecule has 0 aliphatic carbocycles. The van der Waals surface area contributed by atoms with Crippen molar-refractivity contribution in [3.05, 3.63) is 62.0 Å². The van der Waals surface area contributed by atoms with E-state index in [2.05, 4.69) is 37.2 Å². The molecule has 0 radical (unpaired) electrons. The fourth-order valence-electron chi connectivity index (χ4n) is 2.21. The molecule has 0 atom stereocenters. The third-order valence-corrected chi connectivity index (χ3v) is 4.31. The van der Waals surface area contributed by atoms with E-state index in [1.165, 1.54) is 6.08 Å². The van der Waals surface area contributed by atoms with Crippen LogP contribution < -0.4 is 10.1 Å².